The Morgan fingerprint density at radius 1 is 1.44 bits per heavy atom. The van der Waals surface area contributed by atoms with Gasteiger partial charge in [-0.2, -0.15) is 11.3 Å². The first-order valence-corrected chi connectivity index (χ1v) is 8.32. The van der Waals surface area contributed by atoms with E-state index in [1.165, 1.54) is 5.56 Å². The molecule has 18 heavy (non-hydrogen) atoms. The summed E-state index contributed by atoms with van der Waals surface area (Å²) in [5, 5.41) is 6.89. The third kappa shape index (κ3) is 5.78. The van der Waals surface area contributed by atoms with Gasteiger partial charge in [0.05, 0.1) is 0 Å². The lowest BCUT2D eigenvalue weighted by Gasteiger charge is -2.17. The Kier molecular flexibility index (Phi) is 6.02. The molecule has 102 valence electrons. The number of carbonyl (C=O) groups is 1. The second kappa shape index (κ2) is 7.04. The maximum atomic E-state index is 11.8. The van der Waals surface area contributed by atoms with Crippen molar-refractivity contribution in [2.24, 2.45) is 0 Å². The lowest BCUT2D eigenvalue weighted by molar-refractivity contribution is -0.120. The molecule has 1 heterocycles. The molecule has 5 heteroatoms. The van der Waals surface area contributed by atoms with Crippen molar-refractivity contribution in [2.45, 2.75) is 38.4 Å². The molecule has 0 fully saturated rings. The van der Waals surface area contributed by atoms with Crippen LogP contribution >= 0.6 is 11.3 Å². The fraction of sp³-hybridized carbons (Fsp3) is 0.615. The van der Waals surface area contributed by atoms with Gasteiger partial charge >= 0.3 is 0 Å². The van der Waals surface area contributed by atoms with Gasteiger partial charge in [0, 0.05) is 34.3 Å². The highest BCUT2D eigenvalue weighted by atomic mass is 32.2. The Morgan fingerprint density at radius 2 is 2.17 bits per heavy atom. The molecule has 1 N–H and O–H groups in total. The van der Waals surface area contributed by atoms with Crippen LogP contribution in [0.2, 0.25) is 0 Å². The first-order chi connectivity index (χ1) is 8.39. The zero-order valence-corrected chi connectivity index (χ0v) is 12.8. The quantitative estimate of drug-likeness (QED) is 0.873. The van der Waals surface area contributed by atoms with Gasteiger partial charge in [-0.25, -0.2) is 0 Å². The van der Waals surface area contributed by atoms with E-state index < -0.39 is 10.8 Å². The number of hydrogen-bond donors (Lipinski definition) is 1. The predicted molar refractivity (Wildman–Crippen MR) is 78.4 cm³/mol. The normalized spacial score (nSPS) is 13.3. The van der Waals surface area contributed by atoms with Crippen molar-refractivity contribution in [3.8, 4) is 0 Å². The third-order valence-corrected chi connectivity index (χ3v) is 5.19. The van der Waals surface area contributed by atoms with Crippen LogP contribution in [0.15, 0.2) is 16.8 Å². The van der Waals surface area contributed by atoms with Gasteiger partial charge in [-0.15, -0.1) is 0 Å². The standard InChI is InChI=1S/C13H21NO2S2/c1-13(2,3)18(16)9-7-14-12(15)5-4-11-6-8-17-10-11/h6,8,10H,4-5,7,9H2,1-3H3,(H,14,15)/t18-/m1/s1. The maximum Gasteiger partial charge on any atom is 0.220 e. The van der Waals surface area contributed by atoms with E-state index in [0.29, 0.717) is 18.7 Å². The van der Waals surface area contributed by atoms with Crippen molar-refractivity contribution in [2.75, 3.05) is 12.3 Å². The smallest absolute Gasteiger partial charge is 0.220 e. The number of amides is 1. The van der Waals surface area contributed by atoms with Crippen LogP contribution in [0.4, 0.5) is 0 Å². The number of thiophene rings is 1. The molecule has 1 aromatic rings. The summed E-state index contributed by atoms with van der Waals surface area (Å²) in [6.07, 6.45) is 1.27. The molecule has 0 saturated carbocycles. The van der Waals surface area contributed by atoms with Gasteiger partial charge in [-0.3, -0.25) is 9.00 Å². The molecule has 1 rings (SSSR count). The number of nitrogens with one attached hydrogen (secondary N) is 1. The average Bonchev–Trinajstić information content (AvgIpc) is 2.77. The van der Waals surface area contributed by atoms with Gasteiger partial charge in [-0.1, -0.05) is 0 Å². The van der Waals surface area contributed by atoms with E-state index in [-0.39, 0.29) is 10.7 Å². The van der Waals surface area contributed by atoms with Crippen molar-refractivity contribution in [1.29, 1.82) is 0 Å². The van der Waals surface area contributed by atoms with Crippen LogP contribution in [-0.4, -0.2) is 27.2 Å². The fourth-order valence-electron chi connectivity index (χ4n) is 1.37. The zero-order valence-electron chi connectivity index (χ0n) is 11.2. The summed E-state index contributed by atoms with van der Waals surface area (Å²) in [4.78, 5) is 11.6. The van der Waals surface area contributed by atoms with Gasteiger partial charge in [0.15, 0.2) is 0 Å². The molecule has 0 unspecified atom stereocenters. The molecule has 1 aromatic heterocycles. The molecule has 0 aliphatic heterocycles. The predicted octanol–water partition coefficient (Wildman–Crippen LogP) is 2.34. The molecule has 3 nitrogen and oxygen atoms in total. The average molecular weight is 287 g/mol. The van der Waals surface area contributed by atoms with Gasteiger partial charge in [0.1, 0.15) is 0 Å². The van der Waals surface area contributed by atoms with Crippen LogP contribution < -0.4 is 5.32 Å². The van der Waals surface area contributed by atoms with Crippen LogP contribution in [0, 0.1) is 0 Å². The second-order valence-corrected chi connectivity index (χ2v) is 8.25. The molecule has 0 aliphatic rings. The van der Waals surface area contributed by atoms with Crippen molar-refractivity contribution in [3.63, 3.8) is 0 Å². The Bertz CT molecular complexity index is 394. The molecular formula is C13H21NO2S2. The Hall–Kier alpha value is -0.680. The van der Waals surface area contributed by atoms with Gasteiger partial charge < -0.3 is 5.32 Å². The third-order valence-electron chi connectivity index (χ3n) is 2.51. The van der Waals surface area contributed by atoms with E-state index in [0.717, 1.165) is 6.42 Å². The van der Waals surface area contributed by atoms with E-state index >= 15 is 0 Å². The zero-order chi connectivity index (χ0) is 13.6. The van der Waals surface area contributed by atoms with Crippen molar-refractivity contribution in [3.05, 3.63) is 22.4 Å². The molecule has 0 radical (unpaired) electrons. The molecule has 1 amide bonds. The van der Waals surface area contributed by atoms with Crippen molar-refractivity contribution in [1.82, 2.24) is 5.32 Å². The summed E-state index contributed by atoms with van der Waals surface area (Å²) < 4.78 is 11.5. The molecule has 1 atom stereocenters. The monoisotopic (exact) mass is 287 g/mol. The lowest BCUT2D eigenvalue weighted by atomic mass is 10.2. The highest BCUT2D eigenvalue weighted by molar-refractivity contribution is 7.86. The molecular weight excluding hydrogens is 266 g/mol. The van der Waals surface area contributed by atoms with Crippen molar-refractivity contribution >= 4 is 28.0 Å². The maximum absolute atomic E-state index is 11.8. The van der Waals surface area contributed by atoms with Gasteiger partial charge in [0.2, 0.25) is 5.91 Å². The van der Waals surface area contributed by atoms with Gasteiger partial charge in [-0.05, 0) is 49.6 Å². The topological polar surface area (TPSA) is 46.2 Å². The van der Waals surface area contributed by atoms with E-state index in [4.69, 9.17) is 0 Å². The summed E-state index contributed by atoms with van der Waals surface area (Å²) in [5.74, 6) is 0.556. The summed E-state index contributed by atoms with van der Waals surface area (Å²) in [7, 11) is -0.900. The highest BCUT2D eigenvalue weighted by Crippen LogP contribution is 2.10. The number of hydrogen-bond acceptors (Lipinski definition) is 3. The minimum absolute atomic E-state index is 0.0344. The molecule has 0 saturated heterocycles. The summed E-state index contributed by atoms with van der Waals surface area (Å²) in [6, 6.07) is 2.03. The number of aryl methyl sites for hydroxylation is 1. The van der Waals surface area contributed by atoms with Crippen LogP contribution in [0.1, 0.15) is 32.8 Å². The largest absolute Gasteiger partial charge is 0.355 e. The molecule has 0 aromatic carbocycles. The van der Waals surface area contributed by atoms with E-state index in [2.05, 4.69) is 10.7 Å². The van der Waals surface area contributed by atoms with Crippen LogP contribution in [-0.2, 0) is 22.0 Å². The van der Waals surface area contributed by atoms with E-state index in [9.17, 15) is 9.00 Å². The van der Waals surface area contributed by atoms with Gasteiger partial charge in [0.25, 0.3) is 0 Å². The highest BCUT2D eigenvalue weighted by Gasteiger charge is 2.18. The number of rotatable bonds is 6. The minimum Gasteiger partial charge on any atom is -0.355 e. The minimum atomic E-state index is -0.900. The summed E-state index contributed by atoms with van der Waals surface area (Å²) in [5.41, 5.74) is 1.20. The molecule has 0 aliphatic carbocycles. The molecule has 0 spiro atoms. The van der Waals surface area contributed by atoms with E-state index in [1.807, 2.05) is 32.2 Å². The summed E-state index contributed by atoms with van der Waals surface area (Å²) >= 11 is 1.64. The van der Waals surface area contributed by atoms with Crippen LogP contribution in [0.5, 0.6) is 0 Å². The van der Waals surface area contributed by atoms with Crippen LogP contribution in [0.25, 0.3) is 0 Å². The first kappa shape index (κ1) is 15.4. The van der Waals surface area contributed by atoms with Crippen molar-refractivity contribution < 1.29 is 9.00 Å². The van der Waals surface area contributed by atoms with Crippen LogP contribution in [0.3, 0.4) is 0 Å². The SMILES string of the molecule is CC(C)(C)[S@](=O)CCNC(=O)CCc1ccsc1. The van der Waals surface area contributed by atoms with E-state index in [1.54, 1.807) is 11.3 Å². The Morgan fingerprint density at radius 3 is 2.72 bits per heavy atom. The fourth-order valence-corrected chi connectivity index (χ4v) is 2.97. The first-order valence-electron chi connectivity index (χ1n) is 6.06. The summed E-state index contributed by atoms with van der Waals surface area (Å²) in [6.45, 7) is 6.33. The second-order valence-electron chi connectivity index (χ2n) is 5.14. The Balaban J connectivity index is 2.16. The lowest BCUT2D eigenvalue weighted by Crippen LogP contribution is -2.32. The molecule has 0 bridgehead atoms. The Labute approximate surface area is 115 Å². The number of carbonyl (C=O) groups excluding carboxylic acids is 1.